The van der Waals surface area contributed by atoms with Crippen LogP contribution in [-0.2, 0) is 13.5 Å². The molecule has 2 rings (SSSR count). The Morgan fingerprint density at radius 1 is 1.33 bits per heavy atom. The molecule has 2 heterocycles. The summed E-state index contributed by atoms with van der Waals surface area (Å²) in [6.07, 6.45) is 9.13. The van der Waals surface area contributed by atoms with Crippen LogP contribution in [0.15, 0.2) is 35.1 Å². The topological polar surface area (TPSA) is 69.6 Å². The van der Waals surface area contributed by atoms with Crippen molar-refractivity contribution in [3.05, 3.63) is 30.4 Å². The third kappa shape index (κ3) is 3.30. The molecule has 5 nitrogen and oxygen atoms in total. The zero-order valence-corrected chi connectivity index (χ0v) is 11.4. The summed E-state index contributed by atoms with van der Waals surface area (Å²) in [7, 11) is 1.95. The van der Waals surface area contributed by atoms with Crippen molar-refractivity contribution in [1.29, 1.82) is 0 Å². The molecular weight excluding hydrogens is 246 g/mol. The largest absolute Gasteiger partial charge is 0.329 e. The summed E-state index contributed by atoms with van der Waals surface area (Å²) < 4.78 is 1.94. The summed E-state index contributed by atoms with van der Waals surface area (Å²) in [6, 6.07) is 0.182. The van der Waals surface area contributed by atoms with Gasteiger partial charge in [0.2, 0.25) is 0 Å². The Morgan fingerprint density at radius 3 is 2.61 bits per heavy atom. The maximum absolute atomic E-state index is 5.90. The van der Waals surface area contributed by atoms with E-state index in [9.17, 15) is 0 Å². The highest BCUT2D eigenvalue weighted by molar-refractivity contribution is 7.99. The number of aromatic nitrogens is 4. The van der Waals surface area contributed by atoms with Gasteiger partial charge in [-0.05, 0) is 30.2 Å². The maximum atomic E-state index is 5.90. The minimum atomic E-state index is 0.182. The van der Waals surface area contributed by atoms with E-state index in [2.05, 4.69) is 21.9 Å². The molecule has 0 radical (unpaired) electrons. The van der Waals surface area contributed by atoms with Crippen molar-refractivity contribution in [3.8, 4) is 0 Å². The van der Waals surface area contributed by atoms with E-state index >= 15 is 0 Å². The third-order valence-electron chi connectivity index (χ3n) is 2.66. The van der Waals surface area contributed by atoms with E-state index in [0.29, 0.717) is 5.16 Å². The fourth-order valence-electron chi connectivity index (χ4n) is 1.48. The lowest BCUT2D eigenvalue weighted by Crippen LogP contribution is -2.21. The molecule has 0 bridgehead atoms. The first kappa shape index (κ1) is 13.0. The zero-order valence-electron chi connectivity index (χ0n) is 10.6. The van der Waals surface area contributed by atoms with Gasteiger partial charge in [0, 0.05) is 37.9 Å². The van der Waals surface area contributed by atoms with Gasteiger partial charge >= 0.3 is 0 Å². The summed E-state index contributed by atoms with van der Waals surface area (Å²) in [5.74, 6) is 0. The second-order valence-electron chi connectivity index (χ2n) is 4.17. The molecule has 1 unspecified atom stereocenters. The van der Waals surface area contributed by atoms with Crippen LogP contribution >= 0.6 is 11.8 Å². The normalized spacial score (nSPS) is 12.6. The lowest BCUT2D eigenvalue weighted by Gasteiger charge is -2.07. The van der Waals surface area contributed by atoms with E-state index in [1.54, 1.807) is 6.20 Å². The van der Waals surface area contributed by atoms with E-state index in [0.717, 1.165) is 23.6 Å². The van der Waals surface area contributed by atoms with Crippen LogP contribution in [0.25, 0.3) is 0 Å². The number of hydrogen-bond donors (Lipinski definition) is 1. The molecule has 2 N–H and O–H groups in total. The molecule has 96 valence electrons. The molecule has 2 aromatic heterocycles. The lowest BCUT2D eigenvalue weighted by molar-refractivity contribution is 0.641. The van der Waals surface area contributed by atoms with Crippen molar-refractivity contribution in [2.45, 2.75) is 36.1 Å². The molecule has 0 fully saturated rings. The fraction of sp³-hybridized carbons (Fsp3) is 0.417. The van der Waals surface area contributed by atoms with Gasteiger partial charge in [0.25, 0.3) is 0 Å². The van der Waals surface area contributed by atoms with Gasteiger partial charge in [0.1, 0.15) is 0 Å². The minimum Gasteiger partial charge on any atom is -0.329 e. The predicted molar refractivity (Wildman–Crippen MR) is 71.3 cm³/mol. The average Bonchev–Trinajstić information content (AvgIpc) is 2.77. The van der Waals surface area contributed by atoms with Crippen LogP contribution in [0.4, 0.5) is 0 Å². The van der Waals surface area contributed by atoms with Crippen LogP contribution in [0.2, 0.25) is 0 Å². The number of nitrogens with zero attached hydrogens (tertiary/aromatic N) is 4. The van der Waals surface area contributed by atoms with Gasteiger partial charge in [-0.1, -0.05) is 6.92 Å². The van der Waals surface area contributed by atoms with Gasteiger partial charge in [-0.25, -0.2) is 15.0 Å². The van der Waals surface area contributed by atoms with Gasteiger partial charge in [-0.3, -0.25) is 0 Å². The van der Waals surface area contributed by atoms with Gasteiger partial charge in [-0.2, -0.15) is 0 Å². The Labute approximate surface area is 111 Å². The Morgan fingerprint density at radius 2 is 2.06 bits per heavy atom. The van der Waals surface area contributed by atoms with Crippen LogP contribution in [0.1, 0.15) is 18.9 Å². The second kappa shape index (κ2) is 5.97. The highest BCUT2D eigenvalue weighted by Crippen LogP contribution is 2.21. The third-order valence-corrected chi connectivity index (χ3v) is 3.63. The van der Waals surface area contributed by atoms with Crippen molar-refractivity contribution in [2.75, 3.05) is 0 Å². The SMILES string of the molecule is CCC(N)Cc1cnc(Sc2nccn2C)nc1. The molecule has 6 heteroatoms. The Kier molecular flexibility index (Phi) is 4.33. The van der Waals surface area contributed by atoms with E-state index < -0.39 is 0 Å². The van der Waals surface area contributed by atoms with Crippen molar-refractivity contribution in [2.24, 2.45) is 12.8 Å². The van der Waals surface area contributed by atoms with E-state index in [1.807, 2.05) is 30.2 Å². The molecule has 0 aromatic carbocycles. The monoisotopic (exact) mass is 263 g/mol. The first-order chi connectivity index (χ1) is 8.69. The number of aryl methyl sites for hydroxylation is 1. The van der Waals surface area contributed by atoms with Crippen LogP contribution in [0.3, 0.4) is 0 Å². The lowest BCUT2D eigenvalue weighted by atomic mass is 10.1. The first-order valence-electron chi connectivity index (χ1n) is 5.90. The van der Waals surface area contributed by atoms with Gasteiger partial charge in [0.05, 0.1) is 0 Å². The summed E-state index contributed by atoms with van der Waals surface area (Å²) in [6.45, 7) is 2.08. The molecule has 0 aliphatic carbocycles. The van der Waals surface area contributed by atoms with E-state index in [1.165, 1.54) is 11.8 Å². The molecule has 0 spiro atoms. The van der Waals surface area contributed by atoms with E-state index in [-0.39, 0.29) is 6.04 Å². The maximum Gasteiger partial charge on any atom is 0.195 e. The van der Waals surface area contributed by atoms with Crippen molar-refractivity contribution in [3.63, 3.8) is 0 Å². The molecule has 0 aliphatic heterocycles. The van der Waals surface area contributed by atoms with Crippen LogP contribution < -0.4 is 5.73 Å². The van der Waals surface area contributed by atoms with Crippen molar-refractivity contribution in [1.82, 2.24) is 19.5 Å². The minimum absolute atomic E-state index is 0.182. The molecule has 0 saturated carbocycles. The standard InChI is InChI=1S/C12H17N5S/c1-3-10(13)6-9-7-15-11(16-8-9)18-12-14-4-5-17(12)2/h4-5,7-8,10H,3,6,13H2,1-2H3. The molecule has 18 heavy (non-hydrogen) atoms. The second-order valence-corrected chi connectivity index (χ2v) is 5.10. The number of rotatable bonds is 5. The average molecular weight is 263 g/mol. The summed E-state index contributed by atoms with van der Waals surface area (Å²) in [4.78, 5) is 12.9. The predicted octanol–water partition coefficient (Wildman–Crippen LogP) is 1.64. The number of imidazole rings is 1. The van der Waals surface area contributed by atoms with Gasteiger partial charge in [-0.15, -0.1) is 0 Å². The quantitative estimate of drug-likeness (QED) is 0.830. The highest BCUT2D eigenvalue weighted by atomic mass is 32.2. The molecule has 0 aliphatic rings. The van der Waals surface area contributed by atoms with Crippen molar-refractivity contribution >= 4 is 11.8 Å². The van der Waals surface area contributed by atoms with Crippen LogP contribution in [-0.4, -0.2) is 25.6 Å². The van der Waals surface area contributed by atoms with Crippen molar-refractivity contribution < 1.29 is 0 Å². The van der Waals surface area contributed by atoms with Gasteiger partial charge in [0.15, 0.2) is 10.3 Å². The summed E-state index contributed by atoms with van der Waals surface area (Å²) in [5, 5.41) is 1.59. The highest BCUT2D eigenvalue weighted by Gasteiger charge is 2.06. The van der Waals surface area contributed by atoms with Gasteiger partial charge < -0.3 is 10.3 Å². The molecule has 2 aromatic rings. The smallest absolute Gasteiger partial charge is 0.195 e. The summed E-state index contributed by atoms with van der Waals surface area (Å²) in [5.41, 5.74) is 6.98. The Balaban J connectivity index is 2.02. The molecule has 1 atom stereocenters. The van der Waals surface area contributed by atoms with Crippen LogP contribution in [0, 0.1) is 0 Å². The first-order valence-corrected chi connectivity index (χ1v) is 6.72. The molecular formula is C12H17N5S. The number of hydrogen-bond acceptors (Lipinski definition) is 5. The Bertz CT molecular complexity index is 493. The number of nitrogens with two attached hydrogens (primary N) is 1. The fourth-order valence-corrected chi connectivity index (χ4v) is 2.17. The van der Waals surface area contributed by atoms with E-state index in [4.69, 9.17) is 5.73 Å². The zero-order chi connectivity index (χ0) is 13.0. The Hall–Kier alpha value is -1.40. The molecule has 0 amide bonds. The summed E-state index contributed by atoms with van der Waals surface area (Å²) >= 11 is 1.45. The molecule has 0 saturated heterocycles. The van der Waals surface area contributed by atoms with Crippen LogP contribution in [0.5, 0.6) is 0 Å².